The smallest absolute Gasteiger partial charge is 0.325 e. The summed E-state index contributed by atoms with van der Waals surface area (Å²) in [4.78, 5) is 59.0. The molecule has 0 aliphatic rings. The summed E-state index contributed by atoms with van der Waals surface area (Å²) in [6.07, 6.45) is -1.75. The quantitative estimate of drug-likeness (QED) is 0.174. The van der Waals surface area contributed by atoms with Crippen LogP contribution in [0.25, 0.3) is 0 Å². The summed E-state index contributed by atoms with van der Waals surface area (Å²) in [6.45, 7) is 6.13. The summed E-state index contributed by atoms with van der Waals surface area (Å²) in [6, 6.07) is -4.95. The van der Waals surface area contributed by atoms with Crippen molar-refractivity contribution >= 4 is 29.7 Å². The van der Waals surface area contributed by atoms with Crippen LogP contribution >= 0.6 is 0 Å². The monoisotopic (exact) mass is 432 g/mol. The average Bonchev–Trinajstić information content (AvgIpc) is 2.62. The molecule has 12 nitrogen and oxygen atoms in total. The molecule has 0 aromatic heterocycles. The molecule has 3 amide bonds. The number of carboxylic acids is 2. The number of amides is 3. The van der Waals surface area contributed by atoms with Crippen molar-refractivity contribution in [3.05, 3.63) is 0 Å². The molecule has 0 aliphatic carbocycles. The average molecular weight is 432 g/mol. The van der Waals surface area contributed by atoms with Crippen LogP contribution in [0.4, 0.5) is 0 Å². The summed E-state index contributed by atoms with van der Waals surface area (Å²) in [5.41, 5.74) is 5.53. The first-order chi connectivity index (χ1) is 13.8. The van der Waals surface area contributed by atoms with Gasteiger partial charge in [0, 0.05) is 6.42 Å². The number of nitrogens with one attached hydrogen (secondary N) is 3. The molecule has 0 aliphatic heterocycles. The predicted molar refractivity (Wildman–Crippen MR) is 105 cm³/mol. The summed E-state index contributed by atoms with van der Waals surface area (Å²) in [7, 11) is 0. The maximum absolute atomic E-state index is 12.7. The Balaban J connectivity index is 5.42. The van der Waals surface area contributed by atoms with E-state index in [-0.39, 0.29) is 18.8 Å². The van der Waals surface area contributed by atoms with Crippen LogP contribution in [0.5, 0.6) is 0 Å². The van der Waals surface area contributed by atoms with Crippen LogP contribution in [-0.2, 0) is 24.0 Å². The largest absolute Gasteiger partial charge is 0.481 e. The van der Waals surface area contributed by atoms with Gasteiger partial charge < -0.3 is 37.0 Å². The third-order valence-electron chi connectivity index (χ3n) is 4.17. The first kappa shape index (κ1) is 27.3. The molecular formula is C18H32N4O8. The normalized spacial score (nSPS) is 16.0. The van der Waals surface area contributed by atoms with Crippen LogP contribution < -0.4 is 21.7 Å². The van der Waals surface area contributed by atoms with Crippen molar-refractivity contribution < 1.29 is 39.3 Å². The van der Waals surface area contributed by atoms with E-state index in [0.29, 0.717) is 0 Å². The van der Waals surface area contributed by atoms with Gasteiger partial charge in [-0.1, -0.05) is 13.8 Å². The molecule has 0 spiro atoms. The maximum Gasteiger partial charge on any atom is 0.325 e. The molecule has 0 fully saturated rings. The third-order valence-corrected chi connectivity index (χ3v) is 4.17. The van der Waals surface area contributed by atoms with Gasteiger partial charge in [-0.2, -0.15) is 0 Å². The number of carbonyl (C=O) groups excluding carboxylic acids is 3. The Kier molecular flexibility index (Phi) is 11.6. The lowest BCUT2D eigenvalue weighted by Gasteiger charge is -2.25. The van der Waals surface area contributed by atoms with Crippen molar-refractivity contribution in [2.24, 2.45) is 11.7 Å². The zero-order valence-corrected chi connectivity index (χ0v) is 17.5. The van der Waals surface area contributed by atoms with E-state index in [1.165, 1.54) is 13.8 Å². The lowest BCUT2D eigenvalue weighted by molar-refractivity contribution is -0.142. The first-order valence-electron chi connectivity index (χ1n) is 9.55. The Morgan fingerprint density at radius 3 is 1.77 bits per heavy atom. The lowest BCUT2D eigenvalue weighted by Crippen LogP contribution is -2.58. The Bertz CT molecular complexity index is 638. The second-order valence-corrected chi connectivity index (χ2v) is 7.52. The van der Waals surface area contributed by atoms with Gasteiger partial charge in [0.1, 0.15) is 24.2 Å². The number of aliphatic carboxylic acids is 2. The summed E-state index contributed by atoms with van der Waals surface area (Å²) in [5, 5.41) is 34.2. The minimum absolute atomic E-state index is 0.0445. The van der Waals surface area contributed by atoms with Crippen LogP contribution in [0.15, 0.2) is 0 Å². The molecule has 0 saturated heterocycles. The zero-order chi connectivity index (χ0) is 23.6. The van der Waals surface area contributed by atoms with E-state index in [4.69, 9.17) is 15.9 Å². The summed E-state index contributed by atoms with van der Waals surface area (Å²) >= 11 is 0. The Morgan fingerprint density at radius 1 is 0.833 bits per heavy atom. The number of carbonyl (C=O) groups is 5. The van der Waals surface area contributed by atoms with Crippen molar-refractivity contribution in [3.63, 3.8) is 0 Å². The molecule has 172 valence electrons. The minimum Gasteiger partial charge on any atom is -0.481 e. The number of hydrogen-bond donors (Lipinski definition) is 7. The van der Waals surface area contributed by atoms with Gasteiger partial charge in [0.15, 0.2) is 0 Å². The topological polar surface area (TPSA) is 208 Å². The number of aliphatic hydroxyl groups excluding tert-OH is 1. The van der Waals surface area contributed by atoms with Gasteiger partial charge in [-0.25, -0.2) is 0 Å². The molecule has 0 heterocycles. The van der Waals surface area contributed by atoms with Crippen LogP contribution in [0, 0.1) is 5.92 Å². The number of rotatable bonds is 13. The fraction of sp³-hybridized carbons (Fsp3) is 0.722. The van der Waals surface area contributed by atoms with Crippen LogP contribution in [0.3, 0.4) is 0 Å². The van der Waals surface area contributed by atoms with Gasteiger partial charge >= 0.3 is 11.9 Å². The van der Waals surface area contributed by atoms with Gasteiger partial charge in [0.05, 0.1) is 6.10 Å². The molecule has 8 N–H and O–H groups in total. The third kappa shape index (κ3) is 10.2. The first-order valence-corrected chi connectivity index (χ1v) is 9.55. The second-order valence-electron chi connectivity index (χ2n) is 7.52. The molecule has 12 heteroatoms. The fourth-order valence-corrected chi connectivity index (χ4v) is 2.37. The van der Waals surface area contributed by atoms with Crippen molar-refractivity contribution in [2.75, 3.05) is 0 Å². The van der Waals surface area contributed by atoms with E-state index in [1.807, 2.05) is 0 Å². The highest BCUT2D eigenvalue weighted by atomic mass is 16.4. The van der Waals surface area contributed by atoms with Crippen LogP contribution in [0.1, 0.15) is 47.0 Å². The van der Waals surface area contributed by atoms with Gasteiger partial charge in [-0.3, -0.25) is 24.0 Å². The van der Waals surface area contributed by atoms with Crippen LogP contribution in [0.2, 0.25) is 0 Å². The minimum atomic E-state index is -1.34. The van der Waals surface area contributed by atoms with E-state index in [0.717, 1.165) is 0 Å². The Hall–Kier alpha value is -2.73. The molecular weight excluding hydrogens is 400 g/mol. The lowest BCUT2D eigenvalue weighted by atomic mass is 10.0. The summed E-state index contributed by atoms with van der Waals surface area (Å²) < 4.78 is 0. The van der Waals surface area contributed by atoms with Crippen molar-refractivity contribution in [2.45, 2.75) is 77.2 Å². The van der Waals surface area contributed by atoms with Gasteiger partial charge in [0.25, 0.3) is 0 Å². The Morgan fingerprint density at radius 2 is 1.33 bits per heavy atom. The molecule has 0 rings (SSSR count). The van der Waals surface area contributed by atoms with E-state index >= 15 is 0 Å². The molecule has 30 heavy (non-hydrogen) atoms. The number of nitrogens with two attached hydrogens (primary N) is 1. The fourth-order valence-electron chi connectivity index (χ4n) is 2.37. The van der Waals surface area contributed by atoms with Gasteiger partial charge in [0.2, 0.25) is 17.7 Å². The van der Waals surface area contributed by atoms with Crippen molar-refractivity contribution in [3.8, 4) is 0 Å². The SMILES string of the molecule is CC(C)CC(NC(=O)C(CCC(=O)O)NC(=O)C(N)C(C)O)C(=O)NC(C)C(=O)O. The Labute approximate surface area is 174 Å². The van der Waals surface area contributed by atoms with E-state index in [9.17, 15) is 29.1 Å². The van der Waals surface area contributed by atoms with Crippen molar-refractivity contribution in [1.82, 2.24) is 16.0 Å². The standard InChI is InChI=1S/C18H32N4O8/c1-8(2)7-12(16(27)20-9(3)18(29)30)22-15(26)11(5-6-13(24)25)21-17(28)14(19)10(4)23/h8-12,14,23H,5-7,19H2,1-4H3,(H,20,27)(H,21,28)(H,22,26)(H,24,25)(H,29,30). The van der Waals surface area contributed by atoms with E-state index < -0.39 is 66.4 Å². The highest BCUT2D eigenvalue weighted by molar-refractivity contribution is 5.94. The number of aliphatic hydroxyl groups is 1. The second kappa shape index (κ2) is 12.8. The molecule has 0 bridgehead atoms. The molecule has 0 radical (unpaired) electrons. The highest BCUT2D eigenvalue weighted by Crippen LogP contribution is 2.08. The summed E-state index contributed by atoms with van der Waals surface area (Å²) in [5.74, 6) is -4.91. The molecule has 5 unspecified atom stereocenters. The molecule has 5 atom stereocenters. The maximum atomic E-state index is 12.7. The van der Waals surface area contributed by atoms with E-state index in [1.54, 1.807) is 13.8 Å². The molecule has 0 saturated carbocycles. The highest BCUT2D eigenvalue weighted by Gasteiger charge is 2.30. The van der Waals surface area contributed by atoms with Gasteiger partial charge in [-0.05, 0) is 32.6 Å². The van der Waals surface area contributed by atoms with Crippen LogP contribution in [-0.4, -0.2) is 75.3 Å². The molecule has 0 aromatic carbocycles. The molecule has 0 aromatic rings. The van der Waals surface area contributed by atoms with Gasteiger partial charge in [-0.15, -0.1) is 0 Å². The van der Waals surface area contributed by atoms with E-state index in [2.05, 4.69) is 16.0 Å². The predicted octanol–water partition coefficient (Wildman–Crippen LogP) is -1.84. The van der Waals surface area contributed by atoms with Crippen molar-refractivity contribution in [1.29, 1.82) is 0 Å². The number of carboxylic acid groups (broad SMARTS) is 2. The number of hydrogen-bond acceptors (Lipinski definition) is 7. The zero-order valence-electron chi connectivity index (χ0n) is 17.5.